The molecule has 0 aliphatic carbocycles. The second-order valence-electron chi connectivity index (χ2n) is 23.7. The summed E-state index contributed by atoms with van der Waals surface area (Å²) < 4.78 is 161. The van der Waals surface area contributed by atoms with Crippen molar-refractivity contribution in [1.82, 2.24) is 29.0 Å². The van der Waals surface area contributed by atoms with E-state index >= 15 is 0 Å². The van der Waals surface area contributed by atoms with E-state index in [-0.39, 0.29) is 142 Å². The Bertz CT molecular complexity index is 3730. The second-order valence-corrected chi connectivity index (χ2v) is 27.9. The lowest BCUT2D eigenvalue weighted by Gasteiger charge is -2.34. The monoisotopic (exact) mass is 1330 g/mol. The van der Waals surface area contributed by atoms with Crippen molar-refractivity contribution in [1.29, 1.82) is 0 Å². The van der Waals surface area contributed by atoms with Gasteiger partial charge in [-0.25, -0.2) is 25.4 Å². The average molecular weight is 1330 g/mol. The lowest BCUT2D eigenvalue weighted by atomic mass is 9.89. The Morgan fingerprint density at radius 2 is 0.935 bits per heavy atom. The van der Waals surface area contributed by atoms with Gasteiger partial charge in [-0.3, -0.25) is 29.2 Å². The summed E-state index contributed by atoms with van der Waals surface area (Å²) in [4.78, 5) is 64.4. The summed E-state index contributed by atoms with van der Waals surface area (Å²) in [7, 11) is -4.00. The Hall–Kier alpha value is -7.40. The van der Waals surface area contributed by atoms with Gasteiger partial charge >= 0.3 is 12.4 Å². The number of halogens is 6. The molecule has 0 radical (unpaired) electrons. The lowest BCUT2D eigenvalue weighted by molar-refractivity contribution is -0.139. The number of sulfonamides is 2. The van der Waals surface area contributed by atoms with E-state index in [9.17, 15) is 62.4 Å². The number of allylic oxidation sites excluding steroid dienone is 1. The molecule has 2 spiro atoms. The summed E-state index contributed by atoms with van der Waals surface area (Å²) in [5.74, 6) is -1.95. The third-order valence-electron chi connectivity index (χ3n) is 17.4. The smallest absolute Gasteiger partial charge is 0.419 e. The molecule has 10 heterocycles. The highest BCUT2D eigenvalue weighted by Crippen LogP contribution is 2.41. The Morgan fingerprint density at radius 3 is 1.38 bits per heavy atom. The molecule has 2 fully saturated rings. The quantitative estimate of drug-likeness (QED) is 0.159. The van der Waals surface area contributed by atoms with Crippen LogP contribution in [0.5, 0.6) is 11.5 Å². The summed E-state index contributed by atoms with van der Waals surface area (Å²) >= 11 is 0. The molecule has 4 aromatic rings. The second kappa shape index (κ2) is 28.9. The predicted molar refractivity (Wildman–Crippen MR) is 331 cm³/mol. The molecule has 0 unspecified atom stereocenters. The van der Waals surface area contributed by atoms with Gasteiger partial charge in [-0.1, -0.05) is 24.3 Å². The molecular formula is C64H76F6N8O12S2. The molecule has 20 nitrogen and oxygen atoms in total. The zero-order valence-corrected chi connectivity index (χ0v) is 53.4. The van der Waals surface area contributed by atoms with Crippen LogP contribution in [0, 0.1) is 13.8 Å². The molecule has 4 amide bonds. The molecule has 92 heavy (non-hydrogen) atoms. The molecule has 2 N–H and O–H groups in total. The van der Waals surface area contributed by atoms with E-state index in [1.165, 1.54) is 44.0 Å². The normalized spacial score (nSPS) is 24.8. The van der Waals surface area contributed by atoms with E-state index in [0.717, 1.165) is 34.4 Å². The van der Waals surface area contributed by atoms with Crippen molar-refractivity contribution >= 4 is 55.3 Å². The number of fused-ring (bicyclic) bond motifs is 4. The zero-order chi connectivity index (χ0) is 66.2. The van der Waals surface area contributed by atoms with E-state index < -0.39 is 66.4 Å². The number of hydrogen-bond acceptors (Lipinski definition) is 14. The molecule has 10 aliphatic rings. The number of amides is 4. The minimum atomic E-state index is -4.66. The van der Waals surface area contributed by atoms with Crippen molar-refractivity contribution in [3.05, 3.63) is 141 Å². The van der Waals surface area contributed by atoms with Gasteiger partial charge in [0.15, 0.2) is 0 Å². The van der Waals surface area contributed by atoms with Crippen LogP contribution in [0.3, 0.4) is 0 Å². The van der Waals surface area contributed by atoms with E-state index in [4.69, 9.17) is 18.9 Å². The topological polar surface area (TPSA) is 235 Å². The van der Waals surface area contributed by atoms with E-state index in [1.54, 1.807) is 61.5 Å². The standard InChI is InChI=1S/C32H39F3N4O6S.C32H37F3N4O6S/c2*1-22-20-25-7-6-23(22)10-19-46(42,43)39-13-11-31(12-14-39)30(41)36-28(37-31)24-8-9-26(32(33,34)35)27(21-24)45-17-5-3-4-16-44-18-15-38(2)29(25)40/h6-9,20-21H,3-5,10-19H2,1-2H3,(H,36,37,41);4,6-9,16,20-21H,3,5,10-15,17-19H2,1-2H3,(H,36,37,41). The number of hydrogen-bond donors (Lipinski definition) is 2. The van der Waals surface area contributed by atoms with Crippen molar-refractivity contribution in [2.24, 2.45) is 9.98 Å². The van der Waals surface area contributed by atoms with Gasteiger partial charge in [-0.05, 0) is 161 Å². The third kappa shape index (κ3) is 16.5. The van der Waals surface area contributed by atoms with Gasteiger partial charge in [-0.15, -0.1) is 0 Å². The molecule has 0 aromatic heterocycles. The minimum absolute atomic E-state index is 0.000594. The number of benzene rings is 4. The first-order chi connectivity index (χ1) is 43.6. The minimum Gasteiger partial charge on any atom is -0.500 e. The number of alkyl halides is 6. The number of nitrogens with one attached hydrogen (secondary N) is 2. The van der Waals surface area contributed by atoms with Gasteiger partial charge in [0, 0.05) is 75.7 Å². The molecule has 10 aliphatic heterocycles. The molecule has 4 aromatic carbocycles. The van der Waals surface area contributed by atoms with Gasteiger partial charge < -0.3 is 39.4 Å². The maximum atomic E-state index is 13.8. The first-order valence-corrected chi connectivity index (χ1v) is 33.8. The van der Waals surface area contributed by atoms with Crippen LogP contribution >= 0.6 is 0 Å². The number of nitrogens with zero attached hydrogens (tertiary/aromatic N) is 6. The van der Waals surface area contributed by atoms with Gasteiger partial charge in [-0.2, -0.15) is 26.3 Å². The maximum Gasteiger partial charge on any atom is 0.419 e. The Labute approximate surface area is 531 Å². The molecule has 0 atom stereocenters. The fourth-order valence-electron chi connectivity index (χ4n) is 11.6. The number of aryl methyl sites for hydroxylation is 4. The summed E-state index contributed by atoms with van der Waals surface area (Å²) in [6, 6.07) is 17.2. The molecule has 2 saturated heterocycles. The number of likely N-dealkylation sites (N-methyl/N-ethyl adjacent to an activating group) is 2. The summed E-state index contributed by atoms with van der Waals surface area (Å²) in [5, 5.41) is 5.40. The first kappa shape index (κ1) is 69.0. The summed E-state index contributed by atoms with van der Waals surface area (Å²) in [5.41, 5.74) is 0.493. The van der Waals surface area contributed by atoms with Crippen LogP contribution in [-0.2, 0) is 64.3 Å². The highest BCUT2D eigenvalue weighted by molar-refractivity contribution is 7.89. The van der Waals surface area contributed by atoms with Crippen LogP contribution < -0.4 is 20.1 Å². The predicted octanol–water partition coefficient (Wildman–Crippen LogP) is 8.02. The van der Waals surface area contributed by atoms with Crippen molar-refractivity contribution in [3.8, 4) is 11.5 Å². The number of carbonyl (C=O) groups is 4. The molecule has 14 bridgehead atoms. The van der Waals surface area contributed by atoms with Crippen LogP contribution in [0.15, 0.2) is 95.1 Å². The van der Waals surface area contributed by atoms with Gasteiger partial charge in [0.25, 0.3) is 23.6 Å². The van der Waals surface area contributed by atoms with Crippen molar-refractivity contribution in [3.63, 3.8) is 0 Å². The maximum absolute atomic E-state index is 13.8. The number of rotatable bonds is 0. The summed E-state index contributed by atoms with van der Waals surface area (Å²) in [6.45, 7) is 5.75. The zero-order valence-electron chi connectivity index (χ0n) is 51.7. The SMILES string of the molecule is Cc1cc2ccc1CCS(=O)(=O)N1CCC3(CC1)N=C(NC3=O)c1ccc(C(F)(F)F)c(c1)OCCCC=COCCN(C)C2=O.Cc1cc2ccc1CCS(=O)(=O)N1CCC3(CC1)N=C(NC3=O)c1ccc(C(F)(F)F)c(c1)OCCCCCOCCN(C)C2=O. The Morgan fingerprint density at radius 1 is 0.511 bits per heavy atom. The fourth-order valence-corrected chi connectivity index (χ4v) is 14.6. The van der Waals surface area contributed by atoms with Crippen LogP contribution in [0.4, 0.5) is 26.3 Å². The van der Waals surface area contributed by atoms with E-state index in [1.807, 2.05) is 13.8 Å². The number of aliphatic imine (C=N–C) groups is 2. The molecular weight excluding hydrogens is 1250 g/mol. The third-order valence-corrected chi connectivity index (χ3v) is 21.1. The van der Waals surface area contributed by atoms with Crippen LogP contribution in [-0.4, -0.2) is 180 Å². The summed E-state index contributed by atoms with van der Waals surface area (Å²) in [6.07, 6.45) is -2.30. The Kier molecular flexibility index (Phi) is 21.6. The van der Waals surface area contributed by atoms with E-state index in [2.05, 4.69) is 20.6 Å². The highest BCUT2D eigenvalue weighted by atomic mass is 32.2. The lowest BCUT2D eigenvalue weighted by Crippen LogP contribution is -2.50. The van der Waals surface area contributed by atoms with Crippen LogP contribution in [0.25, 0.3) is 0 Å². The largest absolute Gasteiger partial charge is 0.500 e. The molecule has 28 heteroatoms. The highest BCUT2D eigenvalue weighted by Gasteiger charge is 2.50. The van der Waals surface area contributed by atoms with Crippen LogP contribution in [0.2, 0.25) is 0 Å². The molecule has 498 valence electrons. The van der Waals surface area contributed by atoms with Crippen LogP contribution in [0.1, 0.15) is 123 Å². The fraction of sp³-hybridized carbons (Fsp3) is 0.500. The average Bonchev–Trinajstić information content (AvgIpc) is 1.63. The van der Waals surface area contributed by atoms with Crippen molar-refractivity contribution in [2.75, 3.05) is 97.9 Å². The molecule has 14 rings (SSSR count). The van der Waals surface area contributed by atoms with Gasteiger partial charge in [0.2, 0.25) is 20.0 Å². The van der Waals surface area contributed by atoms with Crippen molar-refractivity contribution < 1.29 is 81.3 Å². The Balaban J connectivity index is 0.000000217. The van der Waals surface area contributed by atoms with E-state index in [0.29, 0.717) is 69.5 Å². The van der Waals surface area contributed by atoms with Gasteiger partial charge in [0.05, 0.1) is 55.3 Å². The molecule has 0 saturated carbocycles. The van der Waals surface area contributed by atoms with Gasteiger partial charge in [0.1, 0.15) is 40.9 Å². The number of amidine groups is 2. The first-order valence-electron chi connectivity index (χ1n) is 30.6. The number of carbonyl (C=O) groups excluding carboxylic acids is 4. The number of ether oxygens (including phenoxy) is 4. The van der Waals surface area contributed by atoms with Crippen molar-refractivity contribution in [2.45, 2.75) is 108 Å². The number of piperidine rings is 2.